The molecule has 0 bridgehead atoms. The fraction of sp³-hybridized carbons (Fsp3) is 0.531. The van der Waals surface area contributed by atoms with Crippen LogP contribution in [0.1, 0.15) is 135 Å². The first-order valence-electron chi connectivity index (χ1n) is 23.4. The lowest BCUT2D eigenvalue weighted by molar-refractivity contribution is -0.438. The number of carbonyl (C=O) groups is 4. The number of nitrogens with one attached hydrogen (secondary N) is 3. The molecule has 3 aliphatic rings. The SMILES string of the molecule is CC1(C)C2=[N+](CCCCCC(=O)NC(C(=O)NCCCCCC(=O)O)CCCCNC(=O)CCCCCN3/C(=C/C=C/C=C/2)C(C)(C)c2cc(S(=O)(=O)O)ccc23)c2ccc(S(=O)(=O)O)cc21. The van der Waals surface area contributed by atoms with Crippen LogP contribution in [0, 0.1) is 0 Å². The van der Waals surface area contributed by atoms with Gasteiger partial charge in [0.2, 0.25) is 23.4 Å². The predicted octanol–water partition coefficient (Wildman–Crippen LogP) is 7.02. The minimum atomic E-state index is -4.47. The molecule has 0 saturated carbocycles. The predicted molar refractivity (Wildman–Crippen MR) is 257 cm³/mol. The monoisotopic (exact) mass is 966 g/mol. The van der Waals surface area contributed by atoms with Gasteiger partial charge in [0, 0.05) is 79.8 Å². The van der Waals surface area contributed by atoms with Gasteiger partial charge in [0.25, 0.3) is 20.2 Å². The van der Waals surface area contributed by atoms with Gasteiger partial charge in [-0.1, -0.05) is 44.9 Å². The zero-order chi connectivity index (χ0) is 49.0. The number of aliphatic carboxylic acids is 1. The molecule has 16 nitrogen and oxygen atoms in total. The first-order valence-corrected chi connectivity index (χ1v) is 26.3. The fourth-order valence-electron chi connectivity index (χ4n) is 9.17. The van der Waals surface area contributed by atoms with E-state index in [2.05, 4.69) is 25.4 Å². The van der Waals surface area contributed by atoms with E-state index in [1.54, 1.807) is 12.1 Å². The standard InChI is InChI=1S/C49H67N5O11S2/c1-48(2)37-33-35(66(60,61)62)25-27-40(37)53-31-17-7-11-22-44(55)50-29-16-14-19-39(47(59)51-30-15-6-13-24-46(57)58)52-45(56)23-12-8-18-32-54-41-28-26-36(67(63,64)65)34-38(41)49(3,4)43(54)21-10-5-9-20-42(48)53/h5,9-10,20-21,25-28,33-34,39H,6-8,11-19,22-24,29-32H2,1-4H3,(H5-,50,51,52,55,56,57,58,59,60,61,62,63,64,65)/p+1. The lowest BCUT2D eigenvalue weighted by atomic mass is 9.81. The van der Waals surface area contributed by atoms with Gasteiger partial charge >= 0.3 is 5.97 Å². The zero-order valence-electron chi connectivity index (χ0n) is 39.2. The van der Waals surface area contributed by atoms with Gasteiger partial charge in [-0.3, -0.25) is 28.3 Å². The number of rotatable bonds is 9. The highest BCUT2D eigenvalue weighted by Gasteiger charge is 2.45. The molecule has 366 valence electrons. The van der Waals surface area contributed by atoms with Crippen molar-refractivity contribution in [1.29, 1.82) is 0 Å². The number of nitrogens with zero attached hydrogens (tertiary/aromatic N) is 2. The number of carbonyl (C=O) groups excluding carboxylic acids is 3. The molecule has 3 aliphatic heterocycles. The highest BCUT2D eigenvalue weighted by atomic mass is 32.2. The van der Waals surface area contributed by atoms with Crippen molar-refractivity contribution in [3.05, 3.63) is 83.6 Å². The third-order valence-electron chi connectivity index (χ3n) is 12.9. The van der Waals surface area contributed by atoms with Crippen LogP contribution in [0.15, 0.2) is 82.3 Å². The Morgan fingerprint density at radius 1 is 0.776 bits per heavy atom. The van der Waals surface area contributed by atoms with E-state index in [1.807, 2.05) is 58.1 Å². The van der Waals surface area contributed by atoms with Gasteiger partial charge in [-0.2, -0.15) is 21.4 Å². The van der Waals surface area contributed by atoms with Crippen LogP contribution in [0.5, 0.6) is 0 Å². The van der Waals surface area contributed by atoms with E-state index >= 15 is 0 Å². The van der Waals surface area contributed by atoms with Crippen LogP contribution in [0.3, 0.4) is 0 Å². The normalized spacial score (nSPS) is 22.0. The number of fused-ring (bicyclic) bond motifs is 5. The van der Waals surface area contributed by atoms with E-state index < -0.39 is 43.1 Å². The van der Waals surface area contributed by atoms with Crippen molar-refractivity contribution >= 4 is 61.0 Å². The molecular formula is C49H68N5O11S2+. The Kier molecular flexibility index (Phi) is 18.3. The summed E-state index contributed by atoms with van der Waals surface area (Å²) in [5.41, 5.74) is 3.65. The minimum absolute atomic E-state index is 0.0657. The van der Waals surface area contributed by atoms with E-state index in [0.717, 1.165) is 46.8 Å². The Morgan fingerprint density at radius 2 is 1.45 bits per heavy atom. The number of hydrogen-bond acceptors (Lipinski definition) is 9. The Bertz CT molecular complexity index is 2510. The number of hydrogen-bond donors (Lipinski definition) is 6. The van der Waals surface area contributed by atoms with Crippen LogP contribution >= 0.6 is 0 Å². The number of unbranched alkanes of at least 4 members (excludes halogenated alkanes) is 2. The van der Waals surface area contributed by atoms with Gasteiger partial charge in [0.1, 0.15) is 12.6 Å². The third kappa shape index (κ3) is 14.2. The van der Waals surface area contributed by atoms with Gasteiger partial charge in [0.05, 0.1) is 15.2 Å². The van der Waals surface area contributed by atoms with Gasteiger partial charge in [-0.15, -0.1) is 0 Å². The maximum absolute atomic E-state index is 13.3. The molecule has 67 heavy (non-hydrogen) atoms. The Balaban J connectivity index is 1.39. The molecule has 0 spiro atoms. The average Bonchev–Trinajstić information content (AvgIpc) is 3.59. The summed E-state index contributed by atoms with van der Waals surface area (Å²) in [6, 6.07) is 8.48. The third-order valence-corrected chi connectivity index (χ3v) is 14.6. The molecule has 1 atom stereocenters. The molecule has 3 heterocycles. The van der Waals surface area contributed by atoms with Crippen molar-refractivity contribution in [3.8, 4) is 0 Å². The molecule has 0 aliphatic carbocycles. The Hall–Kier alpha value is -5.17. The number of anilines is 1. The Morgan fingerprint density at radius 3 is 2.15 bits per heavy atom. The number of amides is 3. The van der Waals surface area contributed by atoms with Crippen LogP contribution in [0.25, 0.3) is 0 Å². The maximum Gasteiger partial charge on any atom is 0.303 e. The average molecular weight is 967 g/mol. The van der Waals surface area contributed by atoms with Gasteiger partial charge in [-0.25, -0.2) is 0 Å². The largest absolute Gasteiger partial charge is 0.481 e. The molecule has 5 rings (SSSR count). The van der Waals surface area contributed by atoms with Crippen LogP contribution in [0.2, 0.25) is 0 Å². The van der Waals surface area contributed by atoms with Crippen molar-refractivity contribution in [2.24, 2.45) is 0 Å². The first-order chi connectivity index (χ1) is 31.6. The second-order valence-electron chi connectivity index (χ2n) is 18.6. The van der Waals surface area contributed by atoms with Crippen molar-refractivity contribution < 1.29 is 54.8 Å². The zero-order valence-corrected chi connectivity index (χ0v) is 40.8. The maximum atomic E-state index is 13.3. The van der Waals surface area contributed by atoms with E-state index in [1.165, 1.54) is 24.3 Å². The van der Waals surface area contributed by atoms with E-state index in [0.29, 0.717) is 96.8 Å². The molecule has 2 aromatic carbocycles. The molecule has 0 fully saturated rings. The molecule has 1 unspecified atom stereocenters. The van der Waals surface area contributed by atoms with Gasteiger partial charge in [0.15, 0.2) is 5.71 Å². The first kappa shape index (κ1) is 52.8. The molecule has 0 aromatic heterocycles. The summed E-state index contributed by atoms with van der Waals surface area (Å²) in [7, 11) is -8.91. The van der Waals surface area contributed by atoms with Crippen LogP contribution in [-0.2, 0) is 50.2 Å². The molecular weight excluding hydrogens is 899 g/mol. The quantitative estimate of drug-likeness (QED) is 0.0845. The number of allylic oxidation sites excluding steroid dienone is 6. The van der Waals surface area contributed by atoms with Crippen LogP contribution in [-0.4, -0.2) is 97.2 Å². The summed E-state index contributed by atoms with van der Waals surface area (Å²) in [5.74, 6) is -1.49. The van der Waals surface area contributed by atoms with Crippen molar-refractivity contribution in [2.45, 2.75) is 151 Å². The summed E-state index contributed by atoms with van der Waals surface area (Å²) < 4.78 is 70.7. The highest BCUT2D eigenvalue weighted by Crippen LogP contribution is 2.48. The number of carboxylic acids is 1. The van der Waals surface area contributed by atoms with Crippen molar-refractivity contribution in [2.75, 3.05) is 31.1 Å². The molecule has 6 N–H and O–H groups in total. The number of carboxylic acid groups (broad SMARTS) is 1. The topological polar surface area (TPSA) is 240 Å². The van der Waals surface area contributed by atoms with Crippen LogP contribution < -0.4 is 20.9 Å². The highest BCUT2D eigenvalue weighted by molar-refractivity contribution is 7.86. The summed E-state index contributed by atoms with van der Waals surface area (Å²) in [6.45, 7) is 9.93. The van der Waals surface area contributed by atoms with Gasteiger partial charge < -0.3 is 26.0 Å². The molecule has 2 aromatic rings. The lowest BCUT2D eigenvalue weighted by Crippen LogP contribution is -2.47. The summed E-state index contributed by atoms with van der Waals surface area (Å²) in [5, 5.41) is 17.7. The molecule has 18 heteroatoms. The van der Waals surface area contributed by atoms with E-state index in [4.69, 9.17) is 5.11 Å². The van der Waals surface area contributed by atoms with E-state index in [9.17, 15) is 45.1 Å². The molecule has 3 amide bonds. The summed E-state index contributed by atoms with van der Waals surface area (Å²) in [4.78, 5) is 51.9. The van der Waals surface area contributed by atoms with Gasteiger partial charge in [-0.05, 0) is 114 Å². The van der Waals surface area contributed by atoms with Crippen LogP contribution in [0.4, 0.5) is 11.4 Å². The summed E-state index contributed by atoms with van der Waals surface area (Å²) >= 11 is 0. The van der Waals surface area contributed by atoms with Crippen molar-refractivity contribution in [1.82, 2.24) is 16.0 Å². The lowest BCUT2D eigenvalue weighted by Gasteiger charge is -2.27. The molecule has 0 saturated heterocycles. The fourth-order valence-corrected chi connectivity index (χ4v) is 10.2. The smallest absolute Gasteiger partial charge is 0.303 e. The molecule has 0 radical (unpaired) electrons. The second kappa shape index (κ2) is 23.2. The van der Waals surface area contributed by atoms with E-state index in [-0.39, 0.29) is 40.4 Å². The second-order valence-corrected chi connectivity index (χ2v) is 21.5. The number of benzene rings is 2. The summed E-state index contributed by atoms with van der Waals surface area (Å²) in [6.07, 6.45) is 17.7. The van der Waals surface area contributed by atoms with Crippen molar-refractivity contribution in [3.63, 3.8) is 0 Å². The minimum Gasteiger partial charge on any atom is -0.481 e. The Labute approximate surface area is 395 Å².